The lowest BCUT2D eigenvalue weighted by Crippen LogP contribution is -2.50. The predicted molar refractivity (Wildman–Crippen MR) is 96.7 cm³/mol. The molecule has 1 aromatic carbocycles. The Morgan fingerprint density at radius 2 is 1.93 bits per heavy atom. The lowest BCUT2D eigenvalue weighted by atomic mass is 10.1. The van der Waals surface area contributed by atoms with Crippen molar-refractivity contribution >= 4 is 22.5 Å². The standard InChI is InChI=1S/C17H22F3N3O4S/c18-17(19,20)14-10-12(3-4-15(14)21-28(25)26)16(24)23-7-5-22(6-8-23)11-13-2-1-9-27-13/h3-4,10,13,28H,1-2,5-9,11H2,(H,21,25,26). The minimum absolute atomic E-state index is 0.119. The number of rotatable bonds is 5. The number of carbonyl (C=O) groups excluding carboxylic acids is 1. The number of piperazine rings is 1. The third-order valence-electron chi connectivity index (χ3n) is 4.93. The lowest BCUT2D eigenvalue weighted by Gasteiger charge is -2.35. The average Bonchev–Trinajstić information content (AvgIpc) is 3.14. The molecule has 7 nitrogen and oxygen atoms in total. The maximum Gasteiger partial charge on any atom is 0.418 e. The van der Waals surface area contributed by atoms with E-state index in [0.717, 1.165) is 32.1 Å². The van der Waals surface area contributed by atoms with Crippen LogP contribution in [0.5, 0.6) is 0 Å². The quantitative estimate of drug-likeness (QED) is 0.706. The second-order valence-electron chi connectivity index (χ2n) is 6.85. The number of ether oxygens (including phenoxy) is 1. The van der Waals surface area contributed by atoms with Crippen LogP contribution in [0.4, 0.5) is 18.9 Å². The maximum absolute atomic E-state index is 13.2. The molecule has 156 valence electrons. The Hall–Kier alpha value is -1.85. The van der Waals surface area contributed by atoms with Gasteiger partial charge in [0.05, 0.1) is 17.4 Å². The number of nitrogens with one attached hydrogen (secondary N) is 1. The first-order valence-electron chi connectivity index (χ1n) is 8.99. The van der Waals surface area contributed by atoms with Crippen LogP contribution in [-0.2, 0) is 21.8 Å². The molecular formula is C17H22F3N3O4S. The van der Waals surface area contributed by atoms with E-state index in [-0.39, 0.29) is 11.7 Å². The zero-order valence-electron chi connectivity index (χ0n) is 15.1. The number of halogens is 3. The average molecular weight is 421 g/mol. The number of nitrogens with zero attached hydrogens (tertiary/aromatic N) is 2. The molecule has 2 aliphatic rings. The van der Waals surface area contributed by atoms with Crippen molar-refractivity contribution in [3.05, 3.63) is 29.3 Å². The molecule has 11 heteroatoms. The molecule has 0 aliphatic carbocycles. The van der Waals surface area contributed by atoms with Gasteiger partial charge < -0.3 is 9.64 Å². The Labute approximate surface area is 162 Å². The van der Waals surface area contributed by atoms with Gasteiger partial charge in [-0.15, -0.1) is 0 Å². The van der Waals surface area contributed by atoms with E-state index in [0.29, 0.717) is 32.2 Å². The number of hydrogen-bond acceptors (Lipinski definition) is 5. The van der Waals surface area contributed by atoms with Crippen LogP contribution in [0, 0.1) is 0 Å². The summed E-state index contributed by atoms with van der Waals surface area (Å²) in [5.41, 5.74) is -1.90. The van der Waals surface area contributed by atoms with E-state index in [1.807, 2.05) is 0 Å². The number of hydrogen-bond donors (Lipinski definition) is 2. The molecular weight excluding hydrogens is 399 g/mol. The zero-order chi connectivity index (χ0) is 20.3. The molecule has 28 heavy (non-hydrogen) atoms. The monoisotopic (exact) mass is 421 g/mol. The van der Waals surface area contributed by atoms with Gasteiger partial charge in [0.1, 0.15) is 0 Å². The van der Waals surface area contributed by atoms with E-state index < -0.39 is 34.2 Å². The number of benzene rings is 1. The molecule has 0 spiro atoms. The van der Waals surface area contributed by atoms with Crippen molar-refractivity contribution in [3.63, 3.8) is 0 Å². The second-order valence-corrected chi connectivity index (χ2v) is 7.59. The van der Waals surface area contributed by atoms with Crippen LogP contribution in [0.2, 0.25) is 0 Å². The lowest BCUT2D eigenvalue weighted by molar-refractivity contribution is -0.136. The summed E-state index contributed by atoms with van der Waals surface area (Å²) in [5, 5.41) is 0. The van der Waals surface area contributed by atoms with Crippen LogP contribution in [-0.4, -0.2) is 69.6 Å². The van der Waals surface area contributed by atoms with E-state index in [1.54, 1.807) is 4.72 Å². The highest BCUT2D eigenvalue weighted by Gasteiger charge is 2.35. The minimum Gasteiger partial charge on any atom is -0.377 e. The molecule has 2 heterocycles. The minimum atomic E-state index is -4.79. The molecule has 0 saturated carbocycles. The molecule has 1 N–H and O–H groups in total. The van der Waals surface area contributed by atoms with Gasteiger partial charge in [0.25, 0.3) is 5.91 Å². The van der Waals surface area contributed by atoms with Crippen molar-refractivity contribution in [2.75, 3.05) is 44.1 Å². The Morgan fingerprint density at radius 1 is 1.21 bits per heavy atom. The topological polar surface area (TPSA) is 79.0 Å². The van der Waals surface area contributed by atoms with Crippen molar-refractivity contribution in [2.24, 2.45) is 0 Å². The maximum atomic E-state index is 13.2. The number of anilines is 1. The van der Waals surface area contributed by atoms with Crippen molar-refractivity contribution in [1.82, 2.24) is 9.80 Å². The highest BCUT2D eigenvalue weighted by molar-refractivity contribution is 7.73. The first-order chi connectivity index (χ1) is 13.2. The van der Waals surface area contributed by atoms with Gasteiger partial charge in [0.2, 0.25) is 10.9 Å². The van der Waals surface area contributed by atoms with Crippen LogP contribution in [0.15, 0.2) is 18.2 Å². The van der Waals surface area contributed by atoms with Gasteiger partial charge in [-0.2, -0.15) is 13.2 Å². The molecule has 1 aromatic rings. The van der Waals surface area contributed by atoms with E-state index in [9.17, 15) is 26.4 Å². The summed E-state index contributed by atoms with van der Waals surface area (Å²) in [7, 11) is -3.25. The summed E-state index contributed by atoms with van der Waals surface area (Å²) in [6.07, 6.45) is -2.50. The number of amides is 1. The van der Waals surface area contributed by atoms with Crippen LogP contribution in [0.1, 0.15) is 28.8 Å². The fourth-order valence-corrected chi connectivity index (χ4v) is 3.89. The number of thiol groups is 1. The van der Waals surface area contributed by atoms with E-state index in [1.165, 1.54) is 11.0 Å². The Bertz CT molecular complexity index is 778. The Balaban J connectivity index is 1.67. The van der Waals surface area contributed by atoms with Crippen LogP contribution >= 0.6 is 0 Å². The molecule has 2 fully saturated rings. The highest BCUT2D eigenvalue weighted by atomic mass is 32.2. The van der Waals surface area contributed by atoms with Gasteiger partial charge in [-0.1, -0.05) is 0 Å². The molecule has 1 atom stereocenters. The summed E-state index contributed by atoms with van der Waals surface area (Å²) < 4.78 is 68.6. The molecule has 2 saturated heterocycles. The highest BCUT2D eigenvalue weighted by Crippen LogP contribution is 2.35. The Morgan fingerprint density at radius 3 is 2.50 bits per heavy atom. The van der Waals surface area contributed by atoms with Crippen molar-refractivity contribution in [3.8, 4) is 0 Å². The molecule has 2 aliphatic heterocycles. The zero-order valence-corrected chi connectivity index (χ0v) is 16.0. The van der Waals surface area contributed by atoms with Crippen molar-refractivity contribution in [2.45, 2.75) is 25.1 Å². The van der Waals surface area contributed by atoms with E-state index in [4.69, 9.17) is 4.74 Å². The summed E-state index contributed by atoms with van der Waals surface area (Å²) in [5.74, 6) is -0.500. The molecule has 1 amide bonds. The summed E-state index contributed by atoms with van der Waals surface area (Å²) in [6, 6.07) is 2.87. The van der Waals surface area contributed by atoms with Gasteiger partial charge >= 0.3 is 6.18 Å². The summed E-state index contributed by atoms with van der Waals surface area (Å²) in [6.45, 7) is 3.67. The SMILES string of the molecule is O=C(c1ccc(N[SH](=O)=O)c(C(F)(F)F)c1)N1CCN(CC2CCCO2)CC1. The normalized spacial score (nSPS) is 21.3. The molecule has 0 aromatic heterocycles. The summed E-state index contributed by atoms with van der Waals surface area (Å²) in [4.78, 5) is 16.3. The molecule has 3 rings (SSSR count). The molecule has 0 bridgehead atoms. The third kappa shape index (κ3) is 5.15. The van der Waals surface area contributed by atoms with Crippen LogP contribution in [0.3, 0.4) is 0 Å². The second kappa shape index (κ2) is 8.66. The van der Waals surface area contributed by atoms with Gasteiger partial charge in [-0.25, -0.2) is 8.42 Å². The number of alkyl halides is 3. The van der Waals surface area contributed by atoms with E-state index >= 15 is 0 Å². The van der Waals surface area contributed by atoms with E-state index in [2.05, 4.69) is 4.90 Å². The number of carbonyl (C=O) groups is 1. The predicted octanol–water partition coefficient (Wildman–Crippen LogP) is 1.58. The summed E-state index contributed by atoms with van der Waals surface area (Å²) >= 11 is 0. The smallest absolute Gasteiger partial charge is 0.377 e. The Kier molecular flexibility index (Phi) is 6.46. The van der Waals surface area contributed by atoms with Crippen LogP contribution < -0.4 is 4.72 Å². The van der Waals surface area contributed by atoms with Gasteiger partial charge in [0.15, 0.2) is 0 Å². The van der Waals surface area contributed by atoms with Gasteiger partial charge in [-0.05, 0) is 31.0 Å². The molecule has 1 unspecified atom stereocenters. The van der Waals surface area contributed by atoms with Crippen molar-refractivity contribution < 1.29 is 31.1 Å². The first-order valence-corrected chi connectivity index (χ1v) is 10.2. The van der Waals surface area contributed by atoms with Gasteiger partial charge in [0, 0.05) is 44.9 Å². The largest absolute Gasteiger partial charge is 0.418 e. The molecule has 0 radical (unpaired) electrons. The third-order valence-corrected chi connectivity index (χ3v) is 5.35. The fraction of sp³-hybridized carbons (Fsp3) is 0.588. The van der Waals surface area contributed by atoms with Gasteiger partial charge in [-0.3, -0.25) is 14.4 Å². The van der Waals surface area contributed by atoms with Crippen molar-refractivity contribution in [1.29, 1.82) is 0 Å². The first kappa shape index (κ1) is 20.9. The van der Waals surface area contributed by atoms with Crippen LogP contribution in [0.25, 0.3) is 0 Å². The fourth-order valence-electron chi connectivity index (χ4n) is 3.50.